The Labute approximate surface area is 301 Å². The van der Waals surface area contributed by atoms with Crippen molar-refractivity contribution in [1.82, 2.24) is 9.13 Å². The molecule has 2 heteroatoms. The Balaban J connectivity index is 1.23. The largest absolute Gasteiger partial charge is 0.309 e. The predicted octanol–water partition coefficient (Wildman–Crippen LogP) is 13.5. The summed E-state index contributed by atoms with van der Waals surface area (Å²) >= 11 is 0. The van der Waals surface area contributed by atoms with Crippen molar-refractivity contribution in [3.8, 4) is 33.6 Å². The summed E-state index contributed by atoms with van der Waals surface area (Å²) in [5.74, 6) is 0. The fourth-order valence-corrected chi connectivity index (χ4v) is 8.58. The molecule has 0 saturated heterocycles. The van der Waals surface area contributed by atoms with Crippen LogP contribution in [-0.4, -0.2) is 9.13 Å². The first-order chi connectivity index (χ1) is 25.8. The Morgan fingerprint density at radius 3 is 1.38 bits per heavy atom. The molecule has 0 saturated carbocycles. The van der Waals surface area contributed by atoms with Crippen LogP contribution >= 0.6 is 0 Å². The van der Waals surface area contributed by atoms with Crippen LogP contribution in [0.3, 0.4) is 0 Å². The number of benzene rings is 9. The number of hydrogen-bond acceptors (Lipinski definition) is 0. The molecule has 242 valence electrons. The summed E-state index contributed by atoms with van der Waals surface area (Å²) in [4.78, 5) is 0. The fourth-order valence-electron chi connectivity index (χ4n) is 8.58. The Kier molecular flexibility index (Phi) is 6.28. The topological polar surface area (TPSA) is 9.86 Å². The lowest BCUT2D eigenvalue weighted by Gasteiger charge is -2.15. The Morgan fingerprint density at radius 1 is 0.250 bits per heavy atom. The summed E-state index contributed by atoms with van der Waals surface area (Å²) in [6, 6.07) is 70.9. The quantitative estimate of drug-likeness (QED) is 0.178. The number of aromatic nitrogens is 2. The van der Waals surface area contributed by atoms with Crippen LogP contribution in [0.15, 0.2) is 194 Å². The molecule has 0 spiro atoms. The first-order valence-corrected chi connectivity index (χ1v) is 17.9. The van der Waals surface area contributed by atoms with E-state index in [-0.39, 0.29) is 0 Å². The van der Waals surface area contributed by atoms with Gasteiger partial charge in [0.25, 0.3) is 0 Å². The summed E-state index contributed by atoms with van der Waals surface area (Å²) < 4.78 is 4.97. The molecule has 0 aliphatic carbocycles. The van der Waals surface area contributed by atoms with Crippen LogP contribution in [0.2, 0.25) is 0 Å². The van der Waals surface area contributed by atoms with Crippen molar-refractivity contribution >= 4 is 65.2 Å². The average molecular weight is 661 g/mol. The van der Waals surface area contributed by atoms with Gasteiger partial charge in [-0.05, 0) is 81.6 Å². The summed E-state index contributed by atoms with van der Waals surface area (Å²) in [5.41, 5.74) is 12.1. The minimum Gasteiger partial charge on any atom is -0.309 e. The number of para-hydroxylation sites is 2. The van der Waals surface area contributed by atoms with E-state index >= 15 is 0 Å². The van der Waals surface area contributed by atoms with Crippen molar-refractivity contribution in [2.75, 3.05) is 0 Å². The van der Waals surface area contributed by atoms with Gasteiger partial charge < -0.3 is 9.13 Å². The van der Waals surface area contributed by atoms with E-state index < -0.39 is 0 Å². The molecule has 0 aliphatic heterocycles. The molecular formula is C50H32N2. The summed E-state index contributed by atoms with van der Waals surface area (Å²) in [7, 11) is 0. The number of hydrogen-bond donors (Lipinski definition) is 0. The molecule has 2 heterocycles. The SMILES string of the molecule is c1ccc(-c2ccc3c(-n4c5ccccc5c5c6c7ccccc7n(-c7cc(-c8ccccc8)cc8ccccc78)c6ccc54)cccc3c2)cc1. The van der Waals surface area contributed by atoms with Gasteiger partial charge in [-0.15, -0.1) is 0 Å². The normalized spacial score (nSPS) is 11.8. The van der Waals surface area contributed by atoms with Crippen molar-refractivity contribution < 1.29 is 0 Å². The molecule has 9 aromatic carbocycles. The van der Waals surface area contributed by atoms with E-state index in [4.69, 9.17) is 0 Å². The van der Waals surface area contributed by atoms with E-state index in [1.165, 1.54) is 98.8 Å². The van der Waals surface area contributed by atoms with Crippen molar-refractivity contribution in [3.05, 3.63) is 194 Å². The second-order valence-corrected chi connectivity index (χ2v) is 13.7. The van der Waals surface area contributed by atoms with Crippen molar-refractivity contribution in [3.63, 3.8) is 0 Å². The number of nitrogens with zero attached hydrogens (tertiary/aromatic N) is 2. The molecule has 0 N–H and O–H groups in total. The van der Waals surface area contributed by atoms with Crippen LogP contribution < -0.4 is 0 Å². The highest BCUT2D eigenvalue weighted by molar-refractivity contribution is 6.29. The van der Waals surface area contributed by atoms with E-state index in [0.717, 1.165) is 0 Å². The second kappa shape index (κ2) is 11.3. The van der Waals surface area contributed by atoms with Crippen LogP contribution in [0.25, 0.3) is 98.8 Å². The van der Waals surface area contributed by atoms with Crippen LogP contribution in [0.1, 0.15) is 0 Å². The molecule has 0 atom stereocenters. The van der Waals surface area contributed by atoms with E-state index in [9.17, 15) is 0 Å². The highest BCUT2D eigenvalue weighted by atomic mass is 15.0. The molecule has 11 aromatic rings. The van der Waals surface area contributed by atoms with Gasteiger partial charge in [0.05, 0.1) is 33.4 Å². The maximum Gasteiger partial charge on any atom is 0.0549 e. The van der Waals surface area contributed by atoms with E-state index in [0.29, 0.717) is 0 Å². The van der Waals surface area contributed by atoms with Gasteiger partial charge in [0.15, 0.2) is 0 Å². The Morgan fingerprint density at radius 2 is 0.731 bits per heavy atom. The summed E-state index contributed by atoms with van der Waals surface area (Å²) in [5, 5.41) is 10.0. The Bertz CT molecular complexity index is 3160. The first kappa shape index (κ1) is 28.9. The molecule has 0 unspecified atom stereocenters. The number of rotatable bonds is 4. The van der Waals surface area contributed by atoms with Crippen LogP contribution in [0, 0.1) is 0 Å². The fraction of sp³-hybridized carbons (Fsp3) is 0. The Hall–Kier alpha value is -6.90. The van der Waals surface area contributed by atoms with Gasteiger partial charge in [-0.3, -0.25) is 0 Å². The zero-order chi connectivity index (χ0) is 34.2. The molecule has 2 nitrogen and oxygen atoms in total. The monoisotopic (exact) mass is 660 g/mol. The molecule has 0 aliphatic rings. The maximum atomic E-state index is 2.49. The maximum absolute atomic E-state index is 2.49. The van der Waals surface area contributed by atoms with E-state index in [1.54, 1.807) is 0 Å². The van der Waals surface area contributed by atoms with Gasteiger partial charge in [0, 0.05) is 32.3 Å². The van der Waals surface area contributed by atoms with Crippen LogP contribution in [0.5, 0.6) is 0 Å². The minimum atomic E-state index is 1.19. The minimum absolute atomic E-state index is 1.19. The van der Waals surface area contributed by atoms with Crippen LogP contribution in [-0.2, 0) is 0 Å². The third-order valence-corrected chi connectivity index (χ3v) is 10.9. The molecule has 0 radical (unpaired) electrons. The third-order valence-electron chi connectivity index (χ3n) is 10.9. The smallest absolute Gasteiger partial charge is 0.0549 e. The van der Waals surface area contributed by atoms with E-state index in [1.807, 2.05) is 0 Å². The third kappa shape index (κ3) is 4.25. The lowest BCUT2D eigenvalue weighted by atomic mass is 9.99. The van der Waals surface area contributed by atoms with Gasteiger partial charge in [-0.2, -0.15) is 0 Å². The standard InChI is InChI=1S/C50H32N2/c1-3-14-33(15-4-1)35-26-27-40-37(30-35)19-13-25-43(40)51-44-23-11-9-21-41(44)49-46(51)28-29-47-50(49)42-22-10-12-24-45(42)52(47)48-32-38(34-16-5-2-6-17-34)31-36-18-7-8-20-39(36)48/h1-32H. The number of fused-ring (bicyclic) bond motifs is 9. The zero-order valence-electron chi connectivity index (χ0n) is 28.4. The van der Waals surface area contributed by atoms with Crippen molar-refractivity contribution in [2.45, 2.75) is 0 Å². The van der Waals surface area contributed by atoms with Gasteiger partial charge >= 0.3 is 0 Å². The zero-order valence-corrected chi connectivity index (χ0v) is 28.4. The van der Waals surface area contributed by atoms with Gasteiger partial charge in [0.2, 0.25) is 0 Å². The lowest BCUT2D eigenvalue weighted by molar-refractivity contribution is 1.19. The van der Waals surface area contributed by atoms with Gasteiger partial charge in [-0.25, -0.2) is 0 Å². The molecule has 11 rings (SSSR count). The molecule has 52 heavy (non-hydrogen) atoms. The lowest BCUT2D eigenvalue weighted by Crippen LogP contribution is -1.97. The molecule has 0 fully saturated rings. The van der Waals surface area contributed by atoms with Crippen molar-refractivity contribution in [1.29, 1.82) is 0 Å². The average Bonchev–Trinajstić information content (AvgIpc) is 3.73. The highest BCUT2D eigenvalue weighted by Crippen LogP contribution is 2.44. The van der Waals surface area contributed by atoms with Crippen LogP contribution in [0.4, 0.5) is 0 Å². The molecule has 0 bridgehead atoms. The summed E-state index contributed by atoms with van der Waals surface area (Å²) in [6.45, 7) is 0. The molecular weight excluding hydrogens is 629 g/mol. The molecule has 0 amide bonds. The van der Waals surface area contributed by atoms with Gasteiger partial charge in [-0.1, -0.05) is 146 Å². The first-order valence-electron chi connectivity index (χ1n) is 17.9. The van der Waals surface area contributed by atoms with Gasteiger partial charge in [0.1, 0.15) is 0 Å². The highest BCUT2D eigenvalue weighted by Gasteiger charge is 2.22. The van der Waals surface area contributed by atoms with E-state index in [2.05, 4.69) is 203 Å². The second-order valence-electron chi connectivity index (χ2n) is 13.7. The van der Waals surface area contributed by atoms with Crippen molar-refractivity contribution in [2.24, 2.45) is 0 Å². The predicted molar refractivity (Wildman–Crippen MR) is 221 cm³/mol. The molecule has 2 aromatic heterocycles. The summed E-state index contributed by atoms with van der Waals surface area (Å²) in [6.07, 6.45) is 0.